The van der Waals surface area contributed by atoms with Crippen LogP contribution < -0.4 is 11.0 Å². The van der Waals surface area contributed by atoms with Crippen LogP contribution in [0, 0.1) is 0 Å². The lowest BCUT2D eigenvalue weighted by Gasteiger charge is -2.39. The first-order valence-corrected chi connectivity index (χ1v) is 14.4. The molecule has 1 atom stereocenters. The van der Waals surface area contributed by atoms with Crippen LogP contribution >= 0.6 is 11.5 Å². The van der Waals surface area contributed by atoms with Gasteiger partial charge in [-0.1, -0.05) is 41.5 Å². The Morgan fingerprint density at radius 1 is 0.977 bits per heavy atom. The van der Waals surface area contributed by atoms with Crippen molar-refractivity contribution in [2.45, 2.75) is 12.6 Å². The number of benzene rings is 2. The molecule has 0 radical (unpaired) electrons. The summed E-state index contributed by atoms with van der Waals surface area (Å²) in [5.41, 5.74) is 10.2. The number of hydrazine groups is 2. The van der Waals surface area contributed by atoms with Gasteiger partial charge in [0.2, 0.25) is 5.89 Å². The number of oxazole rings is 1. The van der Waals surface area contributed by atoms with Gasteiger partial charge in [0, 0.05) is 55.1 Å². The molecule has 5 heterocycles. The lowest BCUT2D eigenvalue weighted by atomic mass is 10.0. The summed E-state index contributed by atoms with van der Waals surface area (Å²) in [6, 6.07) is 18.4. The Morgan fingerprint density at radius 2 is 1.81 bits per heavy atom. The number of hydrazone groups is 1. The Morgan fingerprint density at radius 3 is 2.56 bits per heavy atom. The number of alkyl halides is 2. The minimum atomic E-state index is -2.77. The molecular formula is C29H25F2N9O2S. The van der Waals surface area contributed by atoms with Crippen LogP contribution in [0.25, 0.3) is 33.7 Å². The zero-order chi connectivity index (χ0) is 29.3. The van der Waals surface area contributed by atoms with E-state index in [-0.39, 0.29) is 11.6 Å². The molecule has 0 aliphatic carbocycles. The highest BCUT2D eigenvalue weighted by molar-refractivity contribution is 7.03. The molecule has 43 heavy (non-hydrogen) atoms. The Hall–Kier alpha value is -4.79. The van der Waals surface area contributed by atoms with Crippen molar-refractivity contribution in [3.8, 4) is 22.6 Å². The van der Waals surface area contributed by atoms with E-state index in [1.807, 2.05) is 60.1 Å². The number of halogens is 2. The van der Waals surface area contributed by atoms with Gasteiger partial charge < -0.3 is 9.32 Å². The van der Waals surface area contributed by atoms with Crippen LogP contribution in [0.15, 0.2) is 88.0 Å². The number of rotatable bonds is 7. The van der Waals surface area contributed by atoms with Crippen molar-refractivity contribution < 1.29 is 18.0 Å². The van der Waals surface area contributed by atoms with E-state index in [1.54, 1.807) is 23.2 Å². The predicted molar refractivity (Wildman–Crippen MR) is 157 cm³/mol. The van der Waals surface area contributed by atoms with Crippen LogP contribution in [0.3, 0.4) is 0 Å². The van der Waals surface area contributed by atoms with Crippen molar-refractivity contribution >= 4 is 34.4 Å². The molecule has 1 fully saturated rings. The van der Waals surface area contributed by atoms with Crippen molar-refractivity contribution in [3.05, 3.63) is 89.7 Å². The molecule has 7 rings (SSSR count). The molecule has 0 unspecified atom stereocenters. The molecule has 3 aromatic heterocycles. The number of fused-ring (bicyclic) bond motifs is 1. The Balaban J connectivity index is 1.06. The van der Waals surface area contributed by atoms with E-state index >= 15 is 0 Å². The summed E-state index contributed by atoms with van der Waals surface area (Å²) in [5, 5.41) is 6.65. The van der Waals surface area contributed by atoms with E-state index in [1.165, 1.54) is 11.5 Å². The molecule has 0 saturated carbocycles. The number of amides is 1. The number of hydrogen-bond acceptors (Lipinski definition) is 11. The summed E-state index contributed by atoms with van der Waals surface area (Å²) in [6.45, 7) is -0.903. The molecule has 1 saturated heterocycles. The third kappa shape index (κ3) is 5.43. The number of carbonyl (C=O) groups is 1. The molecule has 0 spiro atoms. The van der Waals surface area contributed by atoms with Crippen LogP contribution in [0.1, 0.15) is 22.1 Å². The van der Waals surface area contributed by atoms with Gasteiger partial charge in [0.05, 0.1) is 6.04 Å². The van der Waals surface area contributed by atoms with Gasteiger partial charge >= 0.3 is 6.55 Å². The van der Waals surface area contributed by atoms with Gasteiger partial charge in [-0.05, 0) is 46.9 Å². The maximum Gasteiger partial charge on any atom is 0.329 e. The van der Waals surface area contributed by atoms with Crippen molar-refractivity contribution in [3.63, 3.8) is 0 Å². The first-order chi connectivity index (χ1) is 21.0. The van der Waals surface area contributed by atoms with Crippen molar-refractivity contribution in [1.29, 1.82) is 0 Å². The Labute approximate surface area is 248 Å². The fourth-order valence-corrected chi connectivity index (χ4v) is 5.82. The molecule has 11 nitrogen and oxygen atoms in total. The molecule has 2 aromatic carbocycles. The van der Waals surface area contributed by atoms with Gasteiger partial charge in [0.1, 0.15) is 11.2 Å². The highest BCUT2D eigenvalue weighted by Gasteiger charge is 2.35. The van der Waals surface area contributed by atoms with Crippen molar-refractivity contribution in [1.82, 2.24) is 40.2 Å². The molecule has 2 N–H and O–H groups in total. The van der Waals surface area contributed by atoms with Crippen LogP contribution in [0.2, 0.25) is 0 Å². The maximum absolute atomic E-state index is 13.5. The first kappa shape index (κ1) is 27.1. The second-order valence-electron chi connectivity index (χ2n) is 10.0. The summed E-state index contributed by atoms with van der Waals surface area (Å²) in [6.07, 6.45) is 3.39. The molecular weight excluding hydrogens is 576 g/mol. The second-order valence-corrected chi connectivity index (χ2v) is 10.7. The molecule has 0 bridgehead atoms. The summed E-state index contributed by atoms with van der Waals surface area (Å²) in [5.74, 6) is 0.555. The van der Waals surface area contributed by atoms with Gasteiger partial charge in [0.25, 0.3) is 5.91 Å². The van der Waals surface area contributed by atoms with E-state index in [0.717, 1.165) is 16.7 Å². The maximum atomic E-state index is 13.5. The zero-order valence-electron chi connectivity index (χ0n) is 22.6. The Kier molecular flexibility index (Phi) is 7.22. The number of amidine groups is 1. The summed E-state index contributed by atoms with van der Waals surface area (Å²) in [4.78, 5) is 26.4. The fourth-order valence-electron chi connectivity index (χ4n) is 5.28. The number of nitrogens with one attached hydrogen (secondary N) is 2. The topological polar surface area (TPSA) is 115 Å². The van der Waals surface area contributed by atoms with Gasteiger partial charge in [-0.15, -0.1) is 5.10 Å². The van der Waals surface area contributed by atoms with E-state index in [2.05, 4.69) is 35.3 Å². The van der Waals surface area contributed by atoms with Crippen LogP contribution in [-0.2, 0) is 0 Å². The predicted octanol–water partition coefficient (Wildman–Crippen LogP) is 4.37. The highest BCUT2D eigenvalue weighted by atomic mass is 32.1. The van der Waals surface area contributed by atoms with Crippen molar-refractivity contribution in [2.75, 3.05) is 26.2 Å². The molecule has 5 aromatic rings. The highest BCUT2D eigenvalue weighted by Crippen LogP contribution is 2.30. The standard InChI is InChI=1S/C29H25F2N9O2S/c30-29(31)40-36-26(35-37-40)25(18-4-2-1-3-5-18)38-10-12-39(13-11-38)28(41)23-15-20(8-9-32-23)27-34-22-14-19(6-7-24(22)42-27)21-16-33-43-17-21/h1-9,14-17,25,29,37H,10-13H2,(H,35,36)/t25-/m0/s1. The first-order valence-electron chi connectivity index (χ1n) is 13.6. The average molecular weight is 602 g/mol. The summed E-state index contributed by atoms with van der Waals surface area (Å²) < 4.78 is 36.6. The fraction of sp³-hybridized carbons (Fsp3) is 0.207. The number of carbonyl (C=O) groups excluding carboxylic acids is 1. The van der Waals surface area contributed by atoms with Gasteiger partial charge in [-0.25, -0.2) is 14.9 Å². The SMILES string of the molecule is O=C(c1cc(-c2nc3cc(-c4cnsc4)ccc3o2)ccn1)N1CCN([C@H](C2=NNN(C(F)F)N2)c2ccccc2)CC1. The Bertz CT molecular complexity index is 1770. The van der Waals surface area contributed by atoms with Gasteiger partial charge in [-0.2, -0.15) is 8.78 Å². The van der Waals surface area contributed by atoms with Gasteiger partial charge in [0.15, 0.2) is 11.4 Å². The molecule has 2 aliphatic rings. The molecule has 218 valence electrons. The average Bonchev–Trinajstić information content (AvgIpc) is 3.83. The molecule has 14 heteroatoms. The molecule has 1 amide bonds. The van der Waals surface area contributed by atoms with Crippen molar-refractivity contribution in [2.24, 2.45) is 5.10 Å². The number of piperazine rings is 1. The van der Waals surface area contributed by atoms with E-state index in [4.69, 9.17) is 4.42 Å². The zero-order valence-corrected chi connectivity index (χ0v) is 23.4. The third-order valence-corrected chi connectivity index (χ3v) is 8.01. The number of hydrogen-bond donors (Lipinski definition) is 2. The van der Waals surface area contributed by atoms with E-state index in [0.29, 0.717) is 59.7 Å². The van der Waals surface area contributed by atoms with E-state index < -0.39 is 12.6 Å². The monoisotopic (exact) mass is 601 g/mol. The molecule has 2 aliphatic heterocycles. The smallest absolute Gasteiger partial charge is 0.329 e. The minimum absolute atomic E-state index is 0.206. The number of aromatic nitrogens is 3. The normalized spacial score (nSPS) is 16.7. The second kappa shape index (κ2) is 11.5. The van der Waals surface area contributed by atoms with Gasteiger partial charge in [-0.3, -0.25) is 20.1 Å². The number of pyridine rings is 1. The lowest BCUT2D eigenvalue weighted by Crippen LogP contribution is -2.53. The lowest BCUT2D eigenvalue weighted by molar-refractivity contribution is -0.0715. The largest absolute Gasteiger partial charge is 0.436 e. The van der Waals surface area contributed by atoms with Crippen LogP contribution in [0.4, 0.5) is 8.78 Å². The summed E-state index contributed by atoms with van der Waals surface area (Å²) >= 11 is 1.39. The van der Waals surface area contributed by atoms with E-state index in [9.17, 15) is 13.6 Å². The third-order valence-electron chi connectivity index (χ3n) is 7.43. The minimum Gasteiger partial charge on any atom is -0.436 e. The van der Waals surface area contributed by atoms with Crippen LogP contribution in [0.5, 0.6) is 0 Å². The quantitative estimate of drug-likeness (QED) is 0.263. The van der Waals surface area contributed by atoms with Crippen LogP contribution in [-0.4, -0.2) is 73.7 Å². The number of nitrogens with zero attached hydrogens (tertiary/aromatic N) is 7. The summed E-state index contributed by atoms with van der Waals surface area (Å²) in [7, 11) is 0.